The van der Waals surface area contributed by atoms with E-state index in [0.29, 0.717) is 6.42 Å². The van der Waals surface area contributed by atoms with E-state index in [4.69, 9.17) is 11.6 Å². The number of anilines is 2. The summed E-state index contributed by atoms with van der Waals surface area (Å²) in [5.41, 5.74) is 2.51. The lowest BCUT2D eigenvalue weighted by molar-refractivity contribution is -0.157. The van der Waals surface area contributed by atoms with E-state index in [9.17, 15) is 48.3 Å². The summed E-state index contributed by atoms with van der Waals surface area (Å²) < 4.78 is 0. The highest BCUT2D eigenvalue weighted by molar-refractivity contribution is 7.99. The zero-order valence-corrected chi connectivity index (χ0v) is 70.0. The summed E-state index contributed by atoms with van der Waals surface area (Å²) in [6.07, 6.45) is 4.17. The van der Waals surface area contributed by atoms with Crippen LogP contribution in [-0.4, -0.2) is 259 Å². The topological polar surface area (TPSA) is 285 Å². The number of allylic oxidation sites excluding steroid dienone is 2. The molecule has 1 saturated heterocycles. The Hall–Kier alpha value is -7.29. The molecule has 12 unspecified atom stereocenters. The van der Waals surface area contributed by atoms with E-state index in [0.717, 1.165) is 34.3 Å². The van der Waals surface area contributed by atoms with Gasteiger partial charge >= 0.3 is 0 Å². The number of likely N-dealkylation sites (N-methyl/N-ethyl adjacent to an activating group) is 7. The van der Waals surface area contributed by atoms with Crippen LogP contribution in [-0.2, 0) is 52.7 Å². The zero-order valence-electron chi connectivity index (χ0n) is 68.4. The maximum atomic E-state index is 15.1. The molecule has 2 aromatic rings. The molecule has 106 heavy (non-hydrogen) atoms. The summed E-state index contributed by atoms with van der Waals surface area (Å²) in [5, 5.41) is 23.9. The van der Waals surface area contributed by atoms with Gasteiger partial charge in [-0.05, 0) is 158 Å². The summed E-state index contributed by atoms with van der Waals surface area (Å²) in [7, 11) is 14.1. The lowest BCUT2D eigenvalue weighted by Crippen LogP contribution is -2.63. The van der Waals surface area contributed by atoms with Gasteiger partial charge in [0.25, 0.3) is 0 Å². The second-order valence-electron chi connectivity index (χ2n) is 31.6. The van der Waals surface area contributed by atoms with E-state index in [1.54, 1.807) is 54.5 Å². The van der Waals surface area contributed by atoms with E-state index in [1.807, 2.05) is 79.3 Å². The smallest absolute Gasteiger partial charge is 0.246 e. The van der Waals surface area contributed by atoms with E-state index < -0.39 is 156 Å². The summed E-state index contributed by atoms with van der Waals surface area (Å²) in [6, 6.07) is 2.44. The molecule has 0 aliphatic carbocycles. The standard InChI is InChI=1S/C62H111N11O12.C17H19ClN2S/c1-25-27-28-40(15)52(75)51-56(79)65-43(26-2)58(81)67(18)33-48(74)68(19)44(29-34(3)4)55(78)66-49(38(11)12)61(84)69(20)45(30-35(5)6)54(77)63-41(16)53(76)64-42(17)57(80)70(21)46(31-36(7)8)59(82)71(22)47(32-37(9)10)60(83)72(23)50(39(13)14)62(85)73(51)24;1-19(2)10-5-11-20-14-6-3-4-7-16(14)21-17-9-8-13(18)12-15(17)20/h25,27,34-47,49-52,75H,26,28-33H2,1-24H3,(H,63,77)(H,64,76)(H,65,79)(H,66,78);3-4,6-9,12H,5,10-11H2,1-2H3. The van der Waals surface area contributed by atoms with Crippen LogP contribution in [0, 0.1) is 41.4 Å². The SMILES string of the molecule is CC=CCC(C)C(O)C1C(=O)NC(CC)C(=O)N(C)CC(=O)N(C)C(CC(C)C)C(=O)NC(C(C)C)C(=O)N(C)C(CC(C)C)C(=O)NC(C)C(=O)NC(C)C(=O)N(C)C(CC(C)C)C(=O)N(C)C(CC(C)C)C(=O)N(C)C(C(C)C)C(=O)N1C.CN(C)CCCN1c2ccccc2Sc2ccc(Cl)cc21. The fraction of sp³-hybridized carbons (Fsp3) is 0.684. The summed E-state index contributed by atoms with van der Waals surface area (Å²) in [6.45, 7) is 31.4. The number of aliphatic hydroxyl groups is 1. The molecule has 2 heterocycles. The lowest BCUT2D eigenvalue weighted by atomic mass is 9.91. The third kappa shape index (κ3) is 26.0. The Morgan fingerprint density at radius 3 is 1.54 bits per heavy atom. The van der Waals surface area contributed by atoms with E-state index >= 15 is 9.59 Å². The molecule has 12 atom stereocenters. The Kier molecular flexibility index (Phi) is 37.7. The molecule has 0 spiro atoms. The normalized spacial score (nSPS) is 24.2. The van der Waals surface area contributed by atoms with Crippen LogP contribution in [0.1, 0.15) is 163 Å². The van der Waals surface area contributed by atoms with Gasteiger partial charge < -0.3 is 70.5 Å². The predicted molar refractivity (Wildman–Crippen MR) is 421 cm³/mol. The molecule has 0 saturated carbocycles. The molecule has 0 radical (unpaired) electrons. The van der Waals surface area contributed by atoms with Crippen molar-refractivity contribution in [1.29, 1.82) is 0 Å². The van der Waals surface area contributed by atoms with Crippen molar-refractivity contribution in [2.45, 2.75) is 239 Å². The largest absolute Gasteiger partial charge is 0.390 e. The van der Waals surface area contributed by atoms with Gasteiger partial charge in [-0.1, -0.05) is 145 Å². The van der Waals surface area contributed by atoms with Crippen molar-refractivity contribution in [1.82, 2.24) is 60.5 Å². The van der Waals surface area contributed by atoms with Crippen LogP contribution in [0.4, 0.5) is 11.4 Å². The number of carbonyl (C=O) groups is 11. The van der Waals surface area contributed by atoms with Crippen LogP contribution in [0.5, 0.6) is 0 Å². The Bertz CT molecular complexity index is 3330. The van der Waals surface area contributed by atoms with Gasteiger partial charge in [-0.25, -0.2) is 0 Å². The monoisotopic (exact) mass is 1520 g/mol. The zero-order chi connectivity index (χ0) is 80.8. The number of benzene rings is 2. The van der Waals surface area contributed by atoms with Crippen molar-refractivity contribution in [3.05, 3.63) is 59.6 Å². The van der Waals surface area contributed by atoms with E-state index in [2.05, 4.69) is 81.6 Å². The third-order valence-electron chi connectivity index (χ3n) is 19.7. The van der Waals surface area contributed by atoms with Crippen molar-refractivity contribution >= 4 is 99.7 Å². The highest BCUT2D eigenvalue weighted by Gasteiger charge is 2.46. The van der Waals surface area contributed by atoms with Crippen LogP contribution in [0.25, 0.3) is 0 Å². The molecule has 27 heteroatoms. The van der Waals surface area contributed by atoms with Gasteiger partial charge in [0.05, 0.1) is 24.0 Å². The van der Waals surface area contributed by atoms with Crippen molar-refractivity contribution in [2.24, 2.45) is 41.4 Å². The van der Waals surface area contributed by atoms with Gasteiger partial charge in [-0.15, -0.1) is 0 Å². The first-order valence-electron chi connectivity index (χ1n) is 37.7. The minimum absolute atomic E-state index is 0.0229. The predicted octanol–water partition coefficient (Wildman–Crippen LogP) is 8.16. The molecule has 596 valence electrons. The Morgan fingerprint density at radius 2 is 1.02 bits per heavy atom. The number of halogens is 1. The van der Waals surface area contributed by atoms with Gasteiger partial charge in [0.15, 0.2) is 0 Å². The first kappa shape index (κ1) is 92.9. The Labute approximate surface area is 642 Å². The number of fused-ring (bicyclic) bond motifs is 2. The minimum atomic E-state index is -1.61. The molecule has 25 nitrogen and oxygen atoms in total. The number of rotatable bonds is 19. The van der Waals surface area contributed by atoms with Gasteiger partial charge in [-0.2, -0.15) is 0 Å². The third-order valence-corrected chi connectivity index (χ3v) is 21.0. The van der Waals surface area contributed by atoms with Crippen LogP contribution >= 0.6 is 23.4 Å². The number of aliphatic hydroxyl groups excluding tert-OH is 1. The quantitative estimate of drug-likeness (QED) is 0.0829. The number of amides is 11. The van der Waals surface area contributed by atoms with Gasteiger partial charge in [0, 0.05) is 70.7 Å². The minimum Gasteiger partial charge on any atom is -0.390 e. The van der Waals surface area contributed by atoms with Crippen LogP contribution in [0.15, 0.2) is 64.4 Å². The summed E-state index contributed by atoms with van der Waals surface area (Å²) in [5.74, 6) is -9.71. The van der Waals surface area contributed by atoms with Crippen LogP contribution in [0.3, 0.4) is 0 Å². The first-order valence-corrected chi connectivity index (χ1v) is 38.9. The van der Waals surface area contributed by atoms with Gasteiger partial charge in [0.1, 0.15) is 60.4 Å². The average Bonchev–Trinajstić information content (AvgIpc) is 0.783. The van der Waals surface area contributed by atoms with Gasteiger partial charge in [-0.3, -0.25) is 52.7 Å². The summed E-state index contributed by atoms with van der Waals surface area (Å²) in [4.78, 5) is 176. The van der Waals surface area contributed by atoms with Crippen molar-refractivity contribution < 1.29 is 57.8 Å². The molecule has 5 N–H and O–H groups in total. The highest BCUT2D eigenvalue weighted by Crippen LogP contribution is 2.49. The lowest BCUT2D eigenvalue weighted by Gasteiger charge is -2.41. The first-order chi connectivity index (χ1) is 49.4. The number of nitrogens with zero attached hydrogens (tertiary/aromatic N) is 9. The number of hydrogen-bond donors (Lipinski definition) is 5. The maximum absolute atomic E-state index is 15.1. The maximum Gasteiger partial charge on any atom is 0.246 e. The molecule has 2 aliphatic heterocycles. The molecule has 2 aliphatic rings. The second kappa shape index (κ2) is 43.0. The van der Waals surface area contributed by atoms with Crippen molar-refractivity contribution in [3.63, 3.8) is 0 Å². The van der Waals surface area contributed by atoms with Crippen LogP contribution < -0.4 is 26.2 Å². The fourth-order valence-electron chi connectivity index (χ4n) is 13.3. The molecule has 0 bridgehead atoms. The van der Waals surface area contributed by atoms with Gasteiger partial charge in [0.2, 0.25) is 65.0 Å². The molecule has 4 rings (SSSR count). The number of para-hydroxylation sites is 1. The van der Waals surface area contributed by atoms with E-state index in [1.165, 1.54) is 109 Å². The molecule has 11 amide bonds. The number of carbonyl (C=O) groups excluding carboxylic acids is 11. The average molecular weight is 1520 g/mol. The van der Waals surface area contributed by atoms with Crippen LogP contribution in [0.2, 0.25) is 5.02 Å². The Balaban J connectivity index is 0.00000117. The number of hydrogen-bond acceptors (Lipinski definition) is 15. The fourth-order valence-corrected chi connectivity index (χ4v) is 14.5. The molecule has 2 aromatic carbocycles. The Morgan fingerprint density at radius 1 is 0.538 bits per heavy atom. The second-order valence-corrected chi connectivity index (χ2v) is 33.1. The van der Waals surface area contributed by atoms with E-state index in [-0.39, 0.29) is 55.8 Å². The number of nitrogens with one attached hydrogen (secondary N) is 4. The summed E-state index contributed by atoms with van der Waals surface area (Å²) >= 11 is 8.03. The van der Waals surface area contributed by atoms with Crippen molar-refractivity contribution in [2.75, 3.05) is 88.0 Å². The highest BCUT2D eigenvalue weighted by atomic mass is 35.5. The molecular formula is C79H130ClN13O12S. The van der Waals surface area contributed by atoms with Crippen molar-refractivity contribution in [3.8, 4) is 0 Å². The molecular weight excluding hydrogens is 1390 g/mol. The molecule has 0 aromatic heterocycles. The molecule has 1 fully saturated rings.